The van der Waals surface area contributed by atoms with Crippen molar-refractivity contribution in [3.8, 4) is 0 Å². The number of ketones is 1. The first kappa shape index (κ1) is 12.9. The number of anilines is 1. The molecule has 2 rings (SSSR count). The van der Waals surface area contributed by atoms with E-state index in [-0.39, 0.29) is 27.6 Å². The van der Waals surface area contributed by atoms with Gasteiger partial charge in [-0.3, -0.25) is 4.79 Å². The van der Waals surface area contributed by atoms with Crippen molar-refractivity contribution >= 4 is 34.7 Å². The maximum absolute atomic E-state index is 12.9. The summed E-state index contributed by atoms with van der Waals surface area (Å²) in [6.07, 6.45) is 0. The van der Waals surface area contributed by atoms with Crippen LogP contribution >= 0.6 is 23.2 Å². The Bertz CT molecular complexity index is 628. The highest BCUT2D eigenvalue weighted by Crippen LogP contribution is 2.25. The molecule has 0 saturated heterocycles. The zero-order chi connectivity index (χ0) is 13.3. The second-order valence-corrected chi connectivity index (χ2v) is 4.53. The maximum Gasteiger partial charge on any atom is 0.196 e. The number of rotatable bonds is 2. The Kier molecular flexibility index (Phi) is 3.55. The van der Waals surface area contributed by atoms with Crippen LogP contribution in [-0.2, 0) is 0 Å². The zero-order valence-corrected chi connectivity index (χ0v) is 10.6. The Morgan fingerprint density at radius 1 is 1.06 bits per heavy atom. The second kappa shape index (κ2) is 4.96. The number of carbonyl (C=O) groups is 1. The Labute approximate surface area is 113 Å². The lowest BCUT2D eigenvalue weighted by Crippen LogP contribution is -2.06. The van der Waals surface area contributed by atoms with Crippen LogP contribution in [0.1, 0.15) is 15.9 Å². The molecule has 0 aliphatic carbocycles. The highest BCUT2D eigenvalue weighted by Gasteiger charge is 2.16. The number of nitrogens with two attached hydrogens (primary N) is 1. The summed E-state index contributed by atoms with van der Waals surface area (Å²) in [6, 6.07) is 8.14. The van der Waals surface area contributed by atoms with Gasteiger partial charge in [0.2, 0.25) is 0 Å². The molecule has 18 heavy (non-hydrogen) atoms. The van der Waals surface area contributed by atoms with Crippen LogP contribution in [0.2, 0.25) is 10.0 Å². The normalized spacial score (nSPS) is 10.4. The minimum atomic E-state index is -0.499. The molecule has 0 atom stereocenters. The van der Waals surface area contributed by atoms with Gasteiger partial charge in [0.1, 0.15) is 5.82 Å². The minimum Gasteiger partial charge on any atom is -0.398 e. The van der Waals surface area contributed by atoms with E-state index < -0.39 is 5.82 Å². The fourth-order valence-corrected chi connectivity index (χ4v) is 1.93. The van der Waals surface area contributed by atoms with Crippen LogP contribution in [0.25, 0.3) is 0 Å². The molecule has 0 aliphatic rings. The average Bonchev–Trinajstić information content (AvgIpc) is 2.31. The monoisotopic (exact) mass is 283 g/mol. The van der Waals surface area contributed by atoms with Crippen molar-refractivity contribution in [2.45, 2.75) is 0 Å². The lowest BCUT2D eigenvalue weighted by molar-refractivity contribution is 0.103. The summed E-state index contributed by atoms with van der Waals surface area (Å²) in [5, 5.41) is 0.663. The maximum atomic E-state index is 12.9. The van der Waals surface area contributed by atoms with Gasteiger partial charge in [0.25, 0.3) is 0 Å². The van der Waals surface area contributed by atoms with Crippen molar-refractivity contribution in [2.24, 2.45) is 0 Å². The summed E-state index contributed by atoms with van der Waals surface area (Å²) in [5.74, 6) is -0.888. The molecular formula is C13H8Cl2FNO. The topological polar surface area (TPSA) is 43.1 Å². The first-order valence-corrected chi connectivity index (χ1v) is 5.79. The zero-order valence-electron chi connectivity index (χ0n) is 9.08. The standard InChI is InChI=1S/C13H8Cl2FNO/c14-7-1-4-11(15)10(5-7)13(18)9-3-2-8(16)6-12(9)17/h1-6H,17H2. The van der Waals surface area contributed by atoms with E-state index in [9.17, 15) is 9.18 Å². The summed E-state index contributed by atoms with van der Waals surface area (Å²) in [6.45, 7) is 0. The molecule has 2 aromatic carbocycles. The Hall–Kier alpha value is -1.58. The Morgan fingerprint density at radius 3 is 2.44 bits per heavy atom. The smallest absolute Gasteiger partial charge is 0.196 e. The third-order valence-corrected chi connectivity index (χ3v) is 3.00. The number of hydrogen-bond donors (Lipinski definition) is 1. The minimum absolute atomic E-state index is 0.0658. The molecule has 0 unspecified atom stereocenters. The summed E-state index contributed by atoms with van der Waals surface area (Å²) in [5.41, 5.74) is 6.11. The molecule has 0 spiro atoms. The van der Waals surface area contributed by atoms with E-state index >= 15 is 0 Å². The first-order chi connectivity index (χ1) is 8.49. The van der Waals surface area contributed by atoms with Gasteiger partial charge in [-0.15, -0.1) is 0 Å². The first-order valence-electron chi connectivity index (χ1n) is 5.04. The molecule has 0 aliphatic heterocycles. The van der Waals surface area contributed by atoms with Crippen molar-refractivity contribution in [3.05, 3.63) is 63.4 Å². The molecule has 2 aromatic rings. The third-order valence-electron chi connectivity index (χ3n) is 2.43. The van der Waals surface area contributed by atoms with Gasteiger partial charge < -0.3 is 5.73 Å². The molecule has 0 radical (unpaired) electrons. The van der Waals surface area contributed by atoms with Gasteiger partial charge in [0.15, 0.2) is 5.78 Å². The van der Waals surface area contributed by atoms with E-state index in [1.54, 1.807) is 6.07 Å². The number of benzene rings is 2. The predicted octanol–water partition coefficient (Wildman–Crippen LogP) is 3.95. The van der Waals surface area contributed by atoms with E-state index in [1.165, 1.54) is 24.3 Å². The largest absolute Gasteiger partial charge is 0.398 e. The highest BCUT2D eigenvalue weighted by molar-refractivity contribution is 6.37. The second-order valence-electron chi connectivity index (χ2n) is 3.68. The van der Waals surface area contributed by atoms with Crippen LogP contribution in [-0.4, -0.2) is 5.78 Å². The fraction of sp³-hybridized carbons (Fsp3) is 0. The van der Waals surface area contributed by atoms with Crippen molar-refractivity contribution in [1.29, 1.82) is 0 Å². The Morgan fingerprint density at radius 2 is 1.78 bits per heavy atom. The summed E-state index contributed by atoms with van der Waals surface area (Å²) in [4.78, 5) is 12.2. The third kappa shape index (κ3) is 2.47. The molecule has 2 N–H and O–H groups in total. The van der Waals surface area contributed by atoms with Crippen LogP contribution in [0, 0.1) is 5.82 Å². The van der Waals surface area contributed by atoms with E-state index in [4.69, 9.17) is 28.9 Å². The lowest BCUT2D eigenvalue weighted by atomic mass is 10.0. The van der Waals surface area contributed by atoms with Gasteiger partial charge in [-0.05, 0) is 36.4 Å². The van der Waals surface area contributed by atoms with Crippen molar-refractivity contribution < 1.29 is 9.18 Å². The predicted molar refractivity (Wildman–Crippen MR) is 70.7 cm³/mol. The highest BCUT2D eigenvalue weighted by atomic mass is 35.5. The van der Waals surface area contributed by atoms with Crippen LogP contribution in [0.15, 0.2) is 36.4 Å². The molecule has 0 saturated carbocycles. The van der Waals surface area contributed by atoms with Gasteiger partial charge in [-0.2, -0.15) is 0 Å². The van der Waals surface area contributed by atoms with Crippen molar-refractivity contribution in [1.82, 2.24) is 0 Å². The summed E-state index contributed by atoms with van der Waals surface area (Å²) < 4.78 is 12.9. The van der Waals surface area contributed by atoms with E-state index in [0.29, 0.717) is 5.02 Å². The van der Waals surface area contributed by atoms with Crippen LogP contribution in [0.5, 0.6) is 0 Å². The average molecular weight is 284 g/mol. The van der Waals surface area contributed by atoms with Gasteiger partial charge in [0, 0.05) is 21.8 Å². The van der Waals surface area contributed by atoms with E-state index in [2.05, 4.69) is 0 Å². The number of hydrogen-bond acceptors (Lipinski definition) is 2. The summed E-state index contributed by atoms with van der Waals surface area (Å²) >= 11 is 11.7. The number of carbonyl (C=O) groups excluding carboxylic acids is 1. The molecule has 92 valence electrons. The quantitative estimate of drug-likeness (QED) is 0.670. The molecule has 0 bridgehead atoms. The van der Waals surface area contributed by atoms with Crippen LogP contribution in [0.4, 0.5) is 10.1 Å². The van der Waals surface area contributed by atoms with Gasteiger partial charge in [0.05, 0.1) is 5.02 Å². The van der Waals surface area contributed by atoms with Crippen molar-refractivity contribution in [3.63, 3.8) is 0 Å². The molecule has 0 fully saturated rings. The fourth-order valence-electron chi connectivity index (χ4n) is 1.56. The number of halogens is 3. The van der Waals surface area contributed by atoms with Gasteiger partial charge in [-0.1, -0.05) is 23.2 Å². The SMILES string of the molecule is Nc1cc(F)ccc1C(=O)c1cc(Cl)ccc1Cl. The van der Waals surface area contributed by atoms with Crippen molar-refractivity contribution in [2.75, 3.05) is 5.73 Å². The number of nitrogen functional groups attached to an aromatic ring is 1. The van der Waals surface area contributed by atoms with Crippen LogP contribution < -0.4 is 5.73 Å². The van der Waals surface area contributed by atoms with Crippen LogP contribution in [0.3, 0.4) is 0 Å². The molecule has 0 aromatic heterocycles. The molecule has 2 nitrogen and oxygen atoms in total. The molecule has 5 heteroatoms. The summed E-state index contributed by atoms with van der Waals surface area (Å²) in [7, 11) is 0. The van der Waals surface area contributed by atoms with Gasteiger partial charge in [-0.25, -0.2) is 4.39 Å². The lowest BCUT2D eigenvalue weighted by Gasteiger charge is -2.07. The van der Waals surface area contributed by atoms with Gasteiger partial charge >= 0.3 is 0 Å². The molecular weight excluding hydrogens is 276 g/mol. The molecule has 0 heterocycles. The Balaban J connectivity index is 2.51. The van der Waals surface area contributed by atoms with E-state index in [0.717, 1.165) is 6.07 Å². The molecule has 0 amide bonds. The van der Waals surface area contributed by atoms with E-state index in [1.807, 2.05) is 0 Å².